The summed E-state index contributed by atoms with van der Waals surface area (Å²) in [5, 5.41) is 9.29. The molecule has 1 unspecified atom stereocenters. The first-order valence-electron chi connectivity index (χ1n) is 3.92. The van der Waals surface area contributed by atoms with Gasteiger partial charge in [0, 0.05) is 5.56 Å². The third-order valence-electron chi connectivity index (χ3n) is 1.80. The molecule has 3 nitrogen and oxygen atoms in total. The zero-order valence-corrected chi connectivity index (χ0v) is 7.33. The number of nitrogens with two attached hydrogens (primary N) is 1. The van der Waals surface area contributed by atoms with Crippen LogP contribution in [-0.2, 0) is 11.4 Å². The fourth-order valence-corrected chi connectivity index (χ4v) is 1.06. The minimum absolute atomic E-state index is 0.0647. The molecule has 0 saturated carbocycles. The molecule has 13 heavy (non-hydrogen) atoms. The molecule has 0 spiro atoms. The number of hydrogen-bond acceptors (Lipinski definition) is 3. The number of rotatable bonds is 3. The number of alkyl halides is 1. The quantitative estimate of drug-likeness (QED) is 0.706. The molecule has 1 rings (SSSR count). The first-order chi connectivity index (χ1) is 6.15. The van der Waals surface area contributed by atoms with Gasteiger partial charge in [-0.2, -0.15) is 0 Å². The molecule has 0 aliphatic heterocycles. The molecular weight excluding hydrogens is 173 g/mol. The molecule has 1 aromatic carbocycles. The molecule has 3 N–H and O–H groups in total. The van der Waals surface area contributed by atoms with Crippen molar-refractivity contribution >= 4 is 0 Å². The van der Waals surface area contributed by atoms with Gasteiger partial charge in [-0.3, -0.25) is 4.84 Å². The van der Waals surface area contributed by atoms with Gasteiger partial charge < -0.3 is 5.11 Å². The monoisotopic (exact) mass is 185 g/mol. The molecule has 0 bridgehead atoms. The maximum atomic E-state index is 12.8. The summed E-state index contributed by atoms with van der Waals surface area (Å²) in [4.78, 5) is 4.36. The second-order valence-corrected chi connectivity index (χ2v) is 2.82. The van der Waals surface area contributed by atoms with Gasteiger partial charge >= 0.3 is 0 Å². The van der Waals surface area contributed by atoms with Crippen molar-refractivity contribution in [1.82, 2.24) is 0 Å². The number of hydrogen-bond donors (Lipinski definition) is 2. The average Bonchev–Trinajstić information content (AvgIpc) is 2.08. The molecule has 0 aliphatic rings. The molecule has 0 aliphatic carbocycles. The van der Waals surface area contributed by atoms with E-state index in [1.54, 1.807) is 0 Å². The summed E-state index contributed by atoms with van der Waals surface area (Å²) in [6.07, 6.45) is -1.06. The van der Waals surface area contributed by atoms with E-state index < -0.39 is 6.17 Å². The van der Waals surface area contributed by atoms with Gasteiger partial charge in [0.15, 0.2) is 0 Å². The Bertz CT molecular complexity index is 289. The Morgan fingerprint density at radius 3 is 2.85 bits per heavy atom. The van der Waals surface area contributed by atoms with E-state index in [0.717, 1.165) is 0 Å². The van der Waals surface area contributed by atoms with E-state index in [1.165, 1.54) is 25.1 Å². The summed E-state index contributed by atoms with van der Waals surface area (Å²) in [5.41, 5.74) is 0.995. The number of phenolic OH excluding ortho intramolecular Hbond substituents is 1. The Morgan fingerprint density at radius 1 is 1.62 bits per heavy atom. The van der Waals surface area contributed by atoms with Crippen LogP contribution in [0.4, 0.5) is 4.39 Å². The smallest absolute Gasteiger partial charge is 0.122 e. The fraction of sp³-hybridized carbons (Fsp3) is 0.333. The lowest BCUT2D eigenvalue weighted by Crippen LogP contribution is -2.00. The SMILES string of the molecule is CC(F)c1ccc(O)c(CON)c1. The van der Waals surface area contributed by atoms with Gasteiger partial charge in [-0.25, -0.2) is 10.3 Å². The van der Waals surface area contributed by atoms with E-state index in [1.807, 2.05) is 0 Å². The predicted molar refractivity (Wildman–Crippen MR) is 46.6 cm³/mol. The van der Waals surface area contributed by atoms with Gasteiger partial charge in [0.25, 0.3) is 0 Å². The zero-order valence-electron chi connectivity index (χ0n) is 7.33. The molecule has 0 radical (unpaired) electrons. The summed E-state index contributed by atoms with van der Waals surface area (Å²) >= 11 is 0. The van der Waals surface area contributed by atoms with Crippen LogP contribution in [0.3, 0.4) is 0 Å². The molecule has 1 aromatic rings. The third-order valence-corrected chi connectivity index (χ3v) is 1.80. The van der Waals surface area contributed by atoms with Crippen molar-refractivity contribution < 1.29 is 14.3 Å². The molecule has 0 fully saturated rings. The second kappa shape index (κ2) is 4.20. The molecule has 0 heterocycles. The maximum Gasteiger partial charge on any atom is 0.122 e. The highest BCUT2D eigenvalue weighted by molar-refractivity contribution is 5.36. The highest BCUT2D eigenvalue weighted by atomic mass is 19.1. The fourth-order valence-electron chi connectivity index (χ4n) is 1.06. The van der Waals surface area contributed by atoms with E-state index in [2.05, 4.69) is 4.84 Å². The van der Waals surface area contributed by atoms with Crippen molar-refractivity contribution in [1.29, 1.82) is 0 Å². The van der Waals surface area contributed by atoms with Gasteiger partial charge in [-0.15, -0.1) is 0 Å². The normalized spacial score (nSPS) is 12.8. The lowest BCUT2D eigenvalue weighted by atomic mass is 10.1. The molecular formula is C9H12FNO2. The Balaban J connectivity index is 2.97. The summed E-state index contributed by atoms with van der Waals surface area (Å²) in [6, 6.07) is 4.49. The molecule has 0 saturated heterocycles. The van der Waals surface area contributed by atoms with Crippen molar-refractivity contribution in [2.45, 2.75) is 19.7 Å². The molecule has 4 heteroatoms. The van der Waals surface area contributed by atoms with Crippen molar-refractivity contribution in [2.24, 2.45) is 5.90 Å². The molecule has 0 aromatic heterocycles. The van der Waals surface area contributed by atoms with Crippen LogP contribution in [0.1, 0.15) is 24.2 Å². The van der Waals surface area contributed by atoms with Crippen molar-refractivity contribution in [3.63, 3.8) is 0 Å². The lowest BCUT2D eigenvalue weighted by Gasteiger charge is -2.07. The topological polar surface area (TPSA) is 55.5 Å². The van der Waals surface area contributed by atoms with Crippen molar-refractivity contribution in [3.8, 4) is 5.75 Å². The van der Waals surface area contributed by atoms with Crippen LogP contribution < -0.4 is 5.90 Å². The Labute approximate surface area is 75.9 Å². The Kier molecular flexibility index (Phi) is 3.22. The summed E-state index contributed by atoms with van der Waals surface area (Å²) in [5.74, 6) is 4.92. The number of benzene rings is 1. The van der Waals surface area contributed by atoms with Crippen LogP contribution >= 0.6 is 0 Å². The van der Waals surface area contributed by atoms with Gasteiger partial charge in [0.1, 0.15) is 11.9 Å². The van der Waals surface area contributed by atoms with Crippen molar-refractivity contribution in [2.75, 3.05) is 0 Å². The summed E-state index contributed by atoms with van der Waals surface area (Å²) < 4.78 is 12.8. The van der Waals surface area contributed by atoms with E-state index in [9.17, 15) is 9.50 Å². The highest BCUT2D eigenvalue weighted by Crippen LogP contribution is 2.24. The van der Waals surface area contributed by atoms with Crippen LogP contribution in [0, 0.1) is 0 Å². The van der Waals surface area contributed by atoms with Gasteiger partial charge in [0.05, 0.1) is 6.61 Å². The standard InChI is InChI=1S/C9H12FNO2/c1-6(10)7-2-3-9(12)8(4-7)5-13-11/h2-4,6,12H,5,11H2,1H3. The highest BCUT2D eigenvalue weighted by Gasteiger charge is 2.07. The van der Waals surface area contributed by atoms with Gasteiger partial charge in [-0.05, 0) is 24.6 Å². The van der Waals surface area contributed by atoms with Crippen molar-refractivity contribution in [3.05, 3.63) is 29.3 Å². The molecule has 0 amide bonds. The first kappa shape index (κ1) is 9.95. The van der Waals surface area contributed by atoms with Crippen LogP contribution in [0.5, 0.6) is 5.75 Å². The van der Waals surface area contributed by atoms with E-state index in [4.69, 9.17) is 5.90 Å². The number of halogens is 1. The molecule has 1 atom stereocenters. The summed E-state index contributed by atoms with van der Waals surface area (Å²) in [7, 11) is 0. The molecule has 72 valence electrons. The van der Waals surface area contributed by atoms with Crippen LogP contribution in [0.15, 0.2) is 18.2 Å². The summed E-state index contributed by atoms with van der Waals surface area (Å²) in [6.45, 7) is 1.51. The Hall–Kier alpha value is -1.13. The first-order valence-corrected chi connectivity index (χ1v) is 3.92. The Morgan fingerprint density at radius 2 is 2.31 bits per heavy atom. The number of phenols is 1. The predicted octanol–water partition coefficient (Wildman–Crippen LogP) is 1.81. The van der Waals surface area contributed by atoms with Gasteiger partial charge in [0.2, 0.25) is 0 Å². The second-order valence-electron chi connectivity index (χ2n) is 2.82. The minimum Gasteiger partial charge on any atom is -0.508 e. The van der Waals surface area contributed by atoms with Crippen LogP contribution in [0.25, 0.3) is 0 Å². The van der Waals surface area contributed by atoms with Crippen LogP contribution in [-0.4, -0.2) is 5.11 Å². The zero-order chi connectivity index (χ0) is 9.84. The minimum atomic E-state index is -1.06. The average molecular weight is 185 g/mol. The number of aromatic hydroxyl groups is 1. The van der Waals surface area contributed by atoms with Gasteiger partial charge in [-0.1, -0.05) is 6.07 Å². The van der Waals surface area contributed by atoms with Crippen LogP contribution in [0.2, 0.25) is 0 Å². The van der Waals surface area contributed by atoms with E-state index in [0.29, 0.717) is 11.1 Å². The van der Waals surface area contributed by atoms with E-state index >= 15 is 0 Å². The third kappa shape index (κ3) is 2.40. The lowest BCUT2D eigenvalue weighted by molar-refractivity contribution is 0.122. The van der Waals surface area contributed by atoms with E-state index in [-0.39, 0.29) is 12.4 Å². The maximum absolute atomic E-state index is 12.8. The largest absolute Gasteiger partial charge is 0.508 e.